The molecule has 0 unspecified atom stereocenters. The first-order valence-electron chi connectivity index (χ1n) is 7.89. The summed E-state index contributed by atoms with van der Waals surface area (Å²) < 4.78 is 5.00. The van der Waals surface area contributed by atoms with Gasteiger partial charge in [-0.25, -0.2) is 0 Å². The Labute approximate surface area is 164 Å². The highest BCUT2D eigenvalue weighted by Crippen LogP contribution is 2.23. The first kappa shape index (κ1) is 18.9. The van der Waals surface area contributed by atoms with E-state index in [1.165, 1.54) is 18.0 Å². The SMILES string of the molecule is Cc1c(Cl)cccc1NC(=O)CSc1ccc(NC(=O)c2ccco2)nn1. The van der Waals surface area contributed by atoms with E-state index in [4.69, 9.17) is 16.0 Å². The van der Waals surface area contributed by atoms with Crippen molar-refractivity contribution in [2.24, 2.45) is 0 Å². The second-order valence-corrected chi connectivity index (χ2v) is 6.84. The van der Waals surface area contributed by atoms with E-state index in [1.807, 2.05) is 6.92 Å². The maximum absolute atomic E-state index is 12.1. The molecule has 1 aromatic carbocycles. The van der Waals surface area contributed by atoms with Crippen LogP contribution in [0.15, 0.2) is 58.2 Å². The third-order valence-corrected chi connectivity index (χ3v) is 4.85. The lowest BCUT2D eigenvalue weighted by molar-refractivity contribution is -0.113. The number of nitrogens with zero attached hydrogens (tertiary/aromatic N) is 2. The van der Waals surface area contributed by atoms with Crippen molar-refractivity contribution in [1.29, 1.82) is 0 Å². The van der Waals surface area contributed by atoms with Crippen LogP contribution in [-0.2, 0) is 4.79 Å². The van der Waals surface area contributed by atoms with Gasteiger partial charge in [0.15, 0.2) is 11.6 Å². The number of hydrogen-bond acceptors (Lipinski definition) is 6. The number of nitrogens with one attached hydrogen (secondary N) is 2. The largest absolute Gasteiger partial charge is 0.459 e. The summed E-state index contributed by atoms with van der Waals surface area (Å²) >= 11 is 7.28. The van der Waals surface area contributed by atoms with Crippen LogP contribution in [-0.4, -0.2) is 27.8 Å². The van der Waals surface area contributed by atoms with Crippen LogP contribution in [0.4, 0.5) is 11.5 Å². The van der Waals surface area contributed by atoms with Gasteiger partial charge in [-0.2, -0.15) is 0 Å². The Bertz CT molecular complexity index is 946. The van der Waals surface area contributed by atoms with Gasteiger partial charge in [0, 0.05) is 10.7 Å². The summed E-state index contributed by atoms with van der Waals surface area (Å²) in [7, 11) is 0. The molecule has 0 spiro atoms. The van der Waals surface area contributed by atoms with Crippen LogP contribution >= 0.6 is 23.4 Å². The molecule has 27 heavy (non-hydrogen) atoms. The van der Waals surface area contributed by atoms with Gasteiger partial charge in [0.1, 0.15) is 5.03 Å². The molecule has 2 aromatic heterocycles. The van der Waals surface area contributed by atoms with E-state index in [9.17, 15) is 9.59 Å². The van der Waals surface area contributed by atoms with E-state index in [0.29, 0.717) is 21.6 Å². The van der Waals surface area contributed by atoms with Crippen LogP contribution in [0.25, 0.3) is 0 Å². The number of hydrogen-bond donors (Lipinski definition) is 2. The number of amides is 2. The molecule has 0 saturated heterocycles. The van der Waals surface area contributed by atoms with Gasteiger partial charge in [0.05, 0.1) is 12.0 Å². The van der Waals surface area contributed by atoms with Crippen LogP contribution in [0.1, 0.15) is 16.1 Å². The van der Waals surface area contributed by atoms with Gasteiger partial charge in [0.25, 0.3) is 5.91 Å². The van der Waals surface area contributed by atoms with Gasteiger partial charge < -0.3 is 15.1 Å². The Hall–Kier alpha value is -2.84. The van der Waals surface area contributed by atoms with Crippen molar-refractivity contribution in [1.82, 2.24) is 10.2 Å². The second-order valence-electron chi connectivity index (χ2n) is 5.44. The van der Waals surface area contributed by atoms with Gasteiger partial charge in [-0.15, -0.1) is 10.2 Å². The number of halogens is 1. The highest BCUT2D eigenvalue weighted by Gasteiger charge is 2.11. The minimum Gasteiger partial charge on any atom is -0.459 e. The van der Waals surface area contributed by atoms with E-state index in [1.54, 1.807) is 42.5 Å². The fourth-order valence-electron chi connectivity index (χ4n) is 2.12. The average molecular weight is 403 g/mol. The lowest BCUT2D eigenvalue weighted by Gasteiger charge is -2.09. The second kappa shape index (κ2) is 8.70. The Kier molecular flexibility index (Phi) is 6.10. The maximum atomic E-state index is 12.1. The molecule has 9 heteroatoms. The van der Waals surface area contributed by atoms with Crippen molar-refractivity contribution in [2.75, 3.05) is 16.4 Å². The molecule has 0 radical (unpaired) electrons. The number of aromatic nitrogens is 2. The van der Waals surface area contributed by atoms with Crippen molar-refractivity contribution >= 4 is 46.7 Å². The molecule has 3 aromatic rings. The van der Waals surface area contributed by atoms with Crippen molar-refractivity contribution < 1.29 is 14.0 Å². The predicted octanol–water partition coefficient (Wildman–Crippen LogP) is 4.01. The third-order valence-electron chi connectivity index (χ3n) is 3.52. The van der Waals surface area contributed by atoms with Crippen LogP contribution in [0.5, 0.6) is 0 Å². The Balaban J connectivity index is 1.51. The van der Waals surface area contributed by atoms with Crippen molar-refractivity contribution in [3.63, 3.8) is 0 Å². The molecule has 3 rings (SSSR count). The van der Waals surface area contributed by atoms with Gasteiger partial charge >= 0.3 is 0 Å². The number of thioether (sulfide) groups is 1. The van der Waals surface area contributed by atoms with Gasteiger partial charge in [-0.05, 0) is 48.9 Å². The normalized spacial score (nSPS) is 10.4. The Morgan fingerprint density at radius 3 is 2.67 bits per heavy atom. The number of carbonyl (C=O) groups excluding carboxylic acids is 2. The average Bonchev–Trinajstić information content (AvgIpc) is 3.20. The molecule has 138 valence electrons. The first-order valence-corrected chi connectivity index (χ1v) is 9.25. The number of rotatable bonds is 6. The van der Waals surface area contributed by atoms with Gasteiger partial charge in [-0.1, -0.05) is 29.4 Å². The van der Waals surface area contributed by atoms with Gasteiger partial charge in [0.2, 0.25) is 5.91 Å². The summed E-state index contributed by atoms with van der Waals surface area (Å²) in [6.07, 6.45) is 1.41. The fraction of sp³-hybridized carbons (Fsp3) is 0.111. The number of furan rings is 1. The monoisotopic (exact) mass is 402 g/mol. The molecule has 0 saturated carbocycles. The summed E-state index contributed by atoms with van der Waals surface area (Å²) in [5.41, 5.74) is 1.49. The molecule has 0 bridgehead atoms. The molecule has 7 nitrogen and oxygen atoms in total. The summed E-state index contributed by atoms with van der Waals surface area (Å²) in [6.45, 7) is 1.84. The standard InChI is InChI=1S/C18H15ClN4O3S/c1-11-12(19)4-2-5-13(11)20-16(24)10-27-17-8-7-15(22-23-17)21-18(25)14-6-3-9-26-14/h2-9H,10H2,1H3,(H,20,24)(H,21,22,25). The van der Waals surface area contributed by atoms with Crippen molar-refractivity contribution in [3.8, 4) is 0 Å². The van der Waals surface area contributed by atoms with Crippen LogP contribution in [0.2, 0.25) is 5.02 Å². The molecule has 2 amide bonds. The minimum atomic E-state index is -0.411. The molecule has 0 aliphatic rings. The number of carbonyl (C=O) groups is 2. The topological polar surface area (TPSA) is 97.1 Å². The van der Waals surface area contributed by atoms with Crippen LogP contribution < -0.4 is 10.6 Å². The summed E-state index contributed by atoms with van der Waals surface area (Å²) in [5.74, 6) is 0.0509. The molecule has 0 fully saturated rings. The number of anilines is 2. The quantitative estimate of drug-likeness (QED) is 0.604. The molecule has 0 aliphatic heterocycles. The molecular formula is C18H15ClN4O3S. The third kappa shape index (κ3) is 5.08. The van der Waals surface area contributed by atoms with Crippen LogP contribution in [0, 0.1) is 6.92 Å². The summed E-state index contributed by atoms with van der Waals surface area (Å²) in [6, 6.07) is 11.8. The van der Waals surface area contributed by atoms with E-state index < -0.39 is 5.91 Å². The smallest absolute Gasteiger partial charge is 0.292 e. The lowest BCUT2D eigenvalue weighted by atomic mass is 10.2. The summed E-state index contributed by atoms with van der Waals surface area (Å²) in [5, 5.41) is 14.5. The predicted molar refractivity (Wildman–Crippen MR) is 104 cm³/mol. The van der Waals surface area contributed by atoms with E-state index in [0.717, 1.165) is 5.56 Å². The van der Waals surface area contributed by atoms with Gasteiger partial charge in [-0.3, -0.25) is 9.59 Å². The first-order chi connectivity index (χ1) is 13.0. The zero-order valence-electron chi connectivity index (χ0n) is 14.2. The molecule has 0 aliphatic carbocycles. The van der Waals surface area contributed by atoms with Crippen LogP contribution in [0.3, 0.4) is 0 Å². The van der Waals surface area contributed by atoms with E-state index in [-0.39, 0.29) is 17.4 Å². The zero-order chi connectivity index (χ0) is 19.2. The zero-order valence-corrected chi connectivity index (χ0v) is 15.8. The molecule has 2 heterocycles. The molecule has 2 N–H and O–H groups in total. The highest BCUT2D eigenvalue weighted by molar-refractivity contribution is 7.99. The molecule has 0 atom stereocenters. The van der Waals surface area contributed by atoms with Crippen molar-refractivity contribution in [2.45, 2.75) is 11.9 Å². The fourth-order valence-corrected chi connectivity index (χ4v) is 2.91. The maximum Gasteiger partial charge on any atom is 0.292 e. The van der Waals surface area contributed by atoms with E-state index in [2.05, 4.69) is 20.8 Å². The highest BCUT2D eigenvalue weighted by atomic mass is 35.5. The van der Waals surface area contributed by atoms with Crippen molar-refractivity contribution in [3.05, 3.63) is 65.1 Å². The Morgan fingerprint density at radius 1 is 1.11 bits per heavy atom. The van der Waals surface area contributed by atoms with E-state index >= 15 is 0 Å². The summed E-state index contributed by atoms with van der Waals surface area (Å²) in [4.78, 5) is 24.0. The Morgan fingerprint density at radius 2 is 1.96 bits per heavy atom. The molecular weight excluding hydrogens is 388 g/mol. The minimum absolute atomic E-state index is 0.165. The number of benzene rings is 1. The lowest BCUT2D eigenvalue weighted by Crippen LogP contribution is -2.15.